The SMILES string of the molecule is NCC1CCCC1C(=O)NCc1ccc(Cl)s1. The highest BCUT2D eigenvalue weighted by Gasteiger charge is 2.31. The highest BCUT2D eigenvalue weighted by molar-refractivity contribution is 7.16. The molecule has 1 heterocycles. The van der Waals surface area contributed by atoms with E-state index in [0.717, 1.165) is 28.5 Å². The van der Waals surface area contributed by atoms with Gasteiger partial charge in [0.15, 0.2) is 0 Å². The maximum atomic E-state index is 12.0. The Morgan fingerprint density at radius 2 is 2.35 bits per heavy atom. The zero-order valence-electron chi connectivity index (χ0n) is 9.62. The van der Waals surface area contributed by atoms with E-state index in [1.54, 1.807) is 0 Å². The van der Waals surface area contributed by atoms with Crippen molar-refractivity contribution in [3.8, 4) is 0 Å². The molecule has 3 N–H and O–H groups in total. The number of carbonyl (C=O) groups is 1. The molecule has 3 nitrogen and oxygen atoms in total. The Kier molecular flexibility index (Phi) is 4.42. The number of nitrogens with two attached hydrogens (primary N) is 1. The third-order valence-corrected chi connectivity index (χ3v) is 4.60. The van der Waals surface area contributed by atoms with Gasteiger partial charge in [-0.05, 0) is 37.4 Å². The summed E-state index contributed by atoms with van der Waals surface area (Å²) in [6.45, 7) is 1.19. The van der Waals surface area contributed by atoms with Gasteiger partial charge in [0.2, 0.25) is 5.91 Å². The molecule has 0 spiro atoms. The molecule has 94 valence electrons. The maximum Gasteiger partial charge on any atom is 0.223 e. The molecule has 1 fully saturated rings. The first-order valence-electron chi connectivity index (χ1n) is 5.92. The van der Waals surface area contributed by atoms with Crippen LogP contribution < -0.4 is 11.1 Å². The van der Waals surface area contributed by atoms with Crippen LogP contribution in [0.3, 0.4) is 0 Å². The largest absolute Gasteiger partial charge is 0.351 e. The van der Waals surface area contributed by atoms with E-state index in [2.05, 4.69) is 5.32 Å². The average molecular weight is 273 g/mol. The fourth-order valence-corrected chi connectivity index (χ4v) is 3.44. The van der Waals surface area contributed by atoms with Crippen molar-refractivity contribution >= 4 is 28.8 Å². The molecule has 5 heteroatoms. The first kappa shape index (κ1) is 12.9. The molecule has 1 aliphatic rings. The van der Waals surface area contributed by atoms with Crippen molar-refractivity contribution in [1.82, 2.24) is 5.32 Å². The summed E-state index contributed by atoms with van der Waals surface area (Å²) in [5.41, 5.74) is 5.68. The molecule has 17 heavy (non-hydrogen) atoms. The number of nitrogens with one attached hydrogen (secondary N) is 1. The average Bonchev–Trinajstić information content (AvgIpc) is 2.94. The lowest BCUT2D eigenvalue weighted by Gasteiger charge is -2.16. The smallest absolute Gasteiger partial charge is 0.223 e. The number of hydrogen-bond donors (Lipinski definition) is 2. The Bertz CT molecular complexity index is 394. The molecule has 1 aromatic heterocycles. The van der Waals surface area contributed by atoms with Crippen molar-refractivity contribution < 1.29 is 4.79 Å². The summed E-state index contributed by atoms with van der Waals surface area (Å²) in [5.74, 6) is 0.611. The van der Waals surface area contributed by atoms with Crippen molar-refractivity contribution in [2.75, 3.05) is 6.54 Å². The fraction of sp³-hybridized carbons (Fsp3) is 0.583. The van der Waals surface area contributed by atoms with Crippen LogP contribution in [0.5, 0.6) is 0 Å². The first-order valence-corrected chi connectivity index (χ1v) is 7.12. The van der Waals surface area contributed by atoms with Gasteiger partial charge in [0.05, 0.1) is 10.9 Å². The van der Waals surface area contributed by atoms with Gasteiger partial charge in [-0.2, -0.15) is 0 Å². The summed E-state index contributed by atoms with van der Waals surface area (Å²) >= 11 is 7.34. The van der Waals surface area contributed by atoms with Crippen molar-refractivity contribution in [3.63, 3.8) is 0 Å². The fourth-order valence-electron chi connectivity index (χ4n) is 2.42. The van der Waals surface area contributed by atoms with E-state index in [-0.39, 0.29) is 11.8 Å². The van der Waals surface area contributed by atoms with Gasteiger partial charge in [-0.25, -0.2) is 0 Å². The second-order valence-corrected chi connectivity index (χ2v) is 6.26. The van der Waals surface area contributed by atoms with Crippen LogP contribution in [-0.2, 0) is 11.3 Å². The Balaban J connectivity index is 1.84. The molecule has 0 aromatic carbocycles. The quantitative estimate of drug-likeness (QED) is 0.884. The van der Waals surface area contributed by atoms with Gasteiger partial charge in [0.25, 0.3) is 0 Å². The van der Waals surface area contributed by atoms with Crippen LogP contribution in [0.4, 0.5) is 0 Å². The Morgan fingerprint density at radius 3 is 3.00 bits per heavy atom. The molecular formula is C12H17ClN2OS. The van der Waals surface area contributed by atoms with E-state index in [0.29, 0.717) is 19.0 Å². The number of halogens is 1. The number of carbonyl (C=O) groups excluding carboxylic acids is 1. The molecule has 0 bridgehead atoms. The summed E-state index contributed by atoms with van der Waals surface area (Å²) in [6, 6.07) is 3.80. The highest BCUT2D eigenvalue weighted by Crippen LogP contribution is 2.31. The summed E-state index contributed by atoms with van der Waals surface area (Å²) < 4.78 is 0.759. The van der Waals surface area contributed by atoms with Gasteiger partial charge < -0.3 is 11.1 Å². The molecule has 2 atom stereocenters. The number of hydrogen-bond acceptors (Lipinski definition) is 3. The van der Waals surface area contributed by atoms with Crippen LogP contribution in [0.2, 0.25) is 4.34 Å². The van der Waals surface area contributed by atoms with Crippen molar-refractivity contribution in [2.24, 2.45) is 17.6 Å². The maximum absolute atomic E-state index is 12.0. The summed E-state index contributed by atoms with van der Waals surface area (Å²) in [4.78, 5) is 13.1. The molecule has 0 saturated heterocycles. The second-order valence-electron chi connectivity index (χ2n) is 4.46. The Morgan fingerprint density at radius 1 is 1.53 bits per heavy atom. The lowest BCUT2D eigenvalue weighted by atomic mass is 9.95. The van der Waals surface area contributed by atoms with E-state index in [1.807, 2.05) is 12.1 Å². The summed E-state index contributed by atoms with van der Waals surface area (Å²) in [7, 11) is 0. The van der Waals surface area contributed by atoms with Crippen LogP contribution in [0.1, 0.15) is 24.1 Å². The zero-order chi connectivity index (χ0) is 12.3. The van der Waals surface area contributed by atoms with E-state index < -0.39 is 0 Å². The third-order valence-electron chi connectivity index (χ3n) is 3.36. The Hall–Kier alpha value is -0.580. The summed E-state index contributed by atoms with van der Waals surface area (Å²) in [6.07, 6.45) is 3.17. The van der Waals surface area contributed by atoms with E-state index >= 15 is 0 Å². The van der Waals surface area contributed by atoms with Crippen LogP contribution >= 0.6 is 22.9 Å². The van der Waals surface area contributed by atoms with Crippen molar-refractivity contribution in [3.05, 3.63) is 21.3 Å². The molecule has 1 aromatic rings. The normalized spacial score (nSPS) is 23.9. The van der Waals surface area contributed by atoms with Gasteiger partial charge in [-0.15, -0.1) is 11.3 Å². The molecule has 1 amide bonds. The van der Waals surface area contributed by atoms with Crippen LogP contribution in [-0.4, -0.2) is 12.5 Å². The minimum Gasteiger partial charge on any atom is -0.351 e. The van der Waals surface area contributed by atoms with Crippen molar-refractivity contribution in [2.45, 2.75) is 25.8 Å². The molecule has 0 aliphatic heterocycles. The number of thiophene rings is 1. The van der Waals surface area contributed by atoms with E-state index in [4.69, 9.17) is 17.3 Å². The van der Waals surface area contributed by atoms with Gasteiger partial charge >= 0.3 is 0 Å². The molecule has 2 rings (SSSR count). The highest BCUT2D eigenvalue weighted by atomic mass is 35.5. The Labute approximate surface area is 110 Å². The minimum absolute atomic E-state index is 0.107. The van der Waals surface area contributed by atoms with Crippen LogP contribution in [0.15, 0.2) is 12.1 Å². The lowest BCUT2D eigenvalue weighted by Crippen LogP contribution is -2.34. The van der Waals surface area contributed by atoms with Crippen molar-refractivity contribution in [1.29, 1.82) is 0 Å². The van der Waals surface area contributed by atoms with Crippen LogP contribution in [0, 0.1) is 11.8 Å². The third kappa shape index (κ3) is 3.21. The standard InChI is InChI=1S/C12H17ClN2OS/c13-11-5-4-9(17-11)7-15-12(16)10-3-1-2-8(10)6-14/h4-5,8,10H,1-3,6-7,14H2,(H,15,16). The second kappa shape index (κ2) is 5.85. The molecule has 2 unspecified atom stereocenters. The van der Waals surface area contributed by atoms with Gasteiger partial charge in [0.1, 0.15) is 0 Å². The first-order chi connectivity index (χ1) is 8.20. The minimum atomic E-state index is 0.107. The van der Waals surface area contributed by atoms with Gasteiger partial charge in [0, 0.05) is 10.8 Å². The van der Waals surface area contributed by atoms with Gasteiger partial charge in [-0.3, -0.25) is 4.79 Å². The predicted octanol–water partition coefficient (Wildman–Crippen LogP) is 2.39. The lowest BCUT2D eigenvalue weighted by molar-refractivity contribution is -0.126. The van der Waals surface area contributed by atoms with Crippen LogP contribution in [0.25, 0.3) is 0 Å². The molecule has 1 saturated carbocycles. The molecular weight excluding hydrogens is 256 g/mol. The zero-order valence-corrected chi connectivity index (χ0v) is 11.2. The molecule has 1 aliphatic carbocycles. The number of rotatable bonds is 4. The topological polar surface area (TPSA) is 55.1 Å². The predicted molar refractivity (Wildman–Crippen MR) is 71.1 cm³/mol. The summed E-state index contributed by atoms with van der Waals surface area (Å²) in [5, 5.41) is 2.98. The number of amides is 1. The van der Waals surface area contributed by atoms with E-state index in [9.17, 15) is 4.79 Å². The van der Waals surface area contributed by atoms with E-state index in [1.165, 1.54) is 11.3 Å². The van der Waals surface area contributed by atoms with Gasteiger partial charge in [-0.1, -0.05) is 18.0 Å². The monoisotopic (exact) mass is 272 g/mol. The molecule has 0 radical (unpaired) electrons.